The van der Waals surface area contributed by atoms with Crippen LogP contribution in [0.4, 0.5) is 0 Å². The van der Waals surface area contributed by atoms with Gasteiger partial charge in [-0.25, -0.2) is 4.98 Å². The second-order valence-electron chi connectivity index (χ2n) is 5.74. The minimum absolute atomic E-state index is 0.177. The number of nitrogens with zero attached hydrogens (tertiary/aromatic N) is 1. The van der Waals surface area contributed by atoms with Crippen LogP contribution in [0, 0.1) is 0 Å². The van der Waals surface area contributed by atoms with E-state index in [1.807, 2.05) is 47.8 Å². The van der Waals surface area contributed by atoms with Crippen LogP contribution in [0.1, 0.15) is 12.6 Å². The lowest BCUT2D eigenvalue weighted by atomic mass is 10.2. The maximum absolute atomic E-state index is 12.2. The highest BCUT2D eigenvalue weighted by Gasteiger charge is 2.15. The van der Waals surface area contributed by atoms with Gasteiger partial charge < -0.3 is 10.1 Å². The number of benzene rings is 2. The smallest absolute Gasteiger partial charge is 0.260 e. The zero-order chi connectivity index (χ0) is 18.4. The summed E-state index contributed by atoms with van der Waals surface area (Å²) in [6.45, 7) is 2.21. The van der Waals surface area contributed by atoms with E-state index < -0.39 is 6.10 Å². The molecule has 0 aliphatic heterocycles. The van der Waals surface area contributed by atoms with Gasteiger partial charge in [0.2, 0.25) is 0 Å². The molecule has 6 heteroatoms. The number of amides is 1. The Morgan fingerprint density at radius 1 is 1.19 bits per heavy atom. The van der Waals surface area contributed by atoms with Crippen LogP contribution < -0.4 is 10.1 Å². The summed E-state index contributed by atoms with van der Waals surface area (Å²) in [4.78, 5) is 16.8. The number of hydrogen-bond donors (Lipinski definition) is 1. The molecule has 1 heterocycles. The number of aromatic nitrogens is 1. The highest BCUT2D eigenvalue weighted by Crippen LogP contribution is 2.24. The molecule has 4 nitrogen and oxygen atoms in total. The number of halogens is 1. The Morgan fingerprint density at radius 3 is 2.69 bits per heavy atom. The molecule has 0 saturated carbocycles. The van der Waals surface area contributed by atoms with Gasteiger partial charge in [-0.15, -0.1) is 11.3 Å². The lowest BCUT2D eigenvalue weighted by Gasteiger charge is -2.15. The van der Waals surface area contributed by atoms with Crippen molar-refractivity contribution in [2.45, 2.75) is 19.4 Å². The van der Waals surface area contributed by atoms with Crippen LogP contribution >= 0.6 is 22.9 Å². The molecule has 1 N–H and O–H groups in total. The van der Waals surface area contributed by atoms with E-state index in [1.165, 1.54) is 0 Å². The van der Waals surface area contributed by atoms with Crippen LogP contribution in [-0.2, 0) is 11.2 Å². The molecule has 0 aliphatic carbocycles. The fraction of sp³-hybridized carbons (Fsp3) is 0.200. The van der Waals surface area contributed by atoms with Gasteiger partial charge in [-0.3, -0.25) is 4.79 Å². The molecule has 1 amide bonds. The maximum atomic E-state index is 12.2. The third kappa shape index (κ3) is 4.84. The molecule has 0 fully saturated rings. The van der Waals surface area contributed by atoms with Crippen molar-refractivity contribution in [3.05, 3.63) is 70.7 Å². The second-order valence-corrected chi connectivity index (χ2v) is 7.01. The normalized spacial score (nSPS) is 11.8. The number of thiazole rings is 1. The van der Waals surface area contributed by atoms with E-state index in [-0.39, 0.29) is 5.91 Å². The molecular weight excluding hydrogens is 368 g/mol. The van der Waals surface area contributed by atoms with Crippen molar-refractivity contribution >= 4 is 28.8 Å². The Balaban J connectivity index is 1.48. The van der Waals surface area contributed by atoms with Crippen LogP contribution in [0.25, 0.3) is 10.6 Å². The Hall–Kier alpha value is -2.37. The first-order chi connectivity index (χ1) is 12.6. The standard InChI is InChI=1S/C20H19ClN2O2S/c1-14(25-18-10-6-5-9-17(18)21)19(24)22-12-11-16-13-26-20(23-16)15-7-3-2-4-8-15/h2-10,13-14H,11-12H2,1H3,(H,22,24). The highest BCUT2D eigenvalue weighted by atomic mass is 35.5. The van der Waals surface area contributed by atoms with Crippen molar-refractivity contribution in [1.29, 1.82) is 0 Å². The molecule has 1 aromatic heterocycles. The lowest BCUT2D eigenvalue weighted by molar-refractivity contribution is -0.127. The van der Waals surface area contributed by atoms with Gasteiger partial charge in [0.05, 0.1) is 10.7 Å². The topological polar surface area (TPSA) is 51.2 Å². The molecule has 2 aromatic carbocycles. The third-order valence-corrected chi connectivity index (χ3v) is 5.01. The minimum Gasteiger partial charge on any atom is -0.479 e. The van der Waals surface area contributed by atoms with Gasteiger partial charge >= 0.3 is 0 Å². The van der Waals surface area contributed by atoms with Gasteiger partial charge in [0.25, 0.3) is 5.91 Å². The van der Waals surface area contributed by atoms with E-state index in [4.69, 9.17) is 16.3 Å². The quantitative estimate of drug-likeness (QED) is 0.646. The van der Waals surface area contributed by atoms with E-state index in [0.29, 0.717) is 23.7 Å². The van der Waals surface area contributed by atoms with E-state index >= 15 is 0 Å². The van der Waals surface area contributed by atoms with E-state index in [0.717, 1.165) is 16.3 Å². The summed E-state index contributed by atoms with van der Waals surface area (Å²) >= 11 is 7.65. The summed E-state index contributed by atoms with van der Waals surface area (Å²) in [5.74, 6) is 0.326. The molecule has 0 aliphatic rings. The molecule has 0 radical (unpaired) electrons. The van der Waals surface area contributed by atoms with E-state index in [1.54, 1.807) is 30.4 Å². The van der Waals surface area contributed by atoms with Crippen molar-refractivity contribution in [2.24, 2.45) is 0 Å². The van der Waals surface area contributed by atoms with Gasteiger partial charge in [-0.1, -0.05) is 54.1 Å². The number of ether oxygens (including phenoxy) is 1. The molecule has 1 atom stereocenters. The maximum Gasteiger partial charge on any atom is 0.260 e. The summed E-state index contributed by atoms with van der Waals surface area (Å²) < 4.78 is 5.61. The molecule has 3 aromatic rings. The first-order valence-corrected chi connectivity index (χ1v) is 9.58. The Kier molecular flexibility index (Phi) is 6.26. The number of carbonyl (C=O) groups is 1. The Morgan fingerprint density at radius 2 is 1.92 bits per heavy atom. The van der Waals surface area contributed by atoms with Crippen LogP contribution in [0.3, 0.4) is 0 Å². The zero-order valence-corrected chi connectivity index (χ0v) is 15.9. The van der Waals surface area contributed by atoms with Crippen LogP contribution in [0.2, 0.25) is 5.02 Å². The van der Waals surface area contributed by atoms with E-state index in [2.05, 4.69) is 10.3 Å². The lowest BCUT2D eigenvalue weighted by Crippen LogP contribution is -2.37. The van der Waals surface area contributed by atoms with Crippen molar-refractivity contribution in [2.75, 3.05) is 6.54 Å². The summed E-state index contributed by atoms with van der Waals surface area (Å²) in [6.07, 6.45) is 0.0543. The molecular formula is C20H19ClN2O2S. The summed E-state index contributed by atoms with van der Waals surface area (Å²) in [7, 11) is 0. The average molecular weight is 387 g/mol. The third-order valence-electron chi connectivity index (χ3n) is 3.76. The Labute approximate surface area is 161 Å². The molecule has 3 rings (SSSR count). The van der Waals surface area contributed by atoms with Crippen molar-refractivity contribution in [1.82, 2.24) is 10.3 Å². The average Bonchev–Trinajstić information content (AvgIpc) is 3.13. The zero-order valence-electron chi connectivity index (χ0n) is 14.3. The number of nitrogens with one attached hydrogen (secondary N) is 1. The number of hydrogen-bond acceptors (Lipinski definition) is 4. The molecule has 26 heavy (non-hydrogen) atoms. The minimum atomic E-state index is -0.620. The largest absolute Gasteiger partial charge is 0.479 e. The van der Waals surface area contributed by atoms with Crippen LogP contribution in [-0.4, -0.2) is 23.5 Å². The van der Waals surface area contributed by atoms with Crippen molar-refractivity contribution in [3.8, 4) is 16.3 Å². The highest BCUT2D eigenvalue weighted by molar-refractivity contribution is 7.13. The van der Waals surface area contributed by atoms with Gasteiger partial charge in [0, 0.05) is 23.9 Å². The number of carbonyl (C=O) groups excluding carboxylic acids is 1. The molecule has 0 spiro atoms. The van der Waals surface area contributed by atoms with Crippen molar-refractivity contribution in [3.63, 3.8) is 0 Å². The predicted molar refractivity (Wildman–Crippen MR) is 106 cm³/mol. The fourth-order valence-electron chi connectivity index (χ4n) is 2.38. The monoisotopic (exact) mass is 386 g/mol. The first kappa shape index (κ1) is 18.4. The SMILES string of the molecule is CC(Oc1ccccc1Cl)C(=O)NCCc1csc(-c2ccccc2)n1. The molecule has 0 saturated heterocycles. The van der Waals surface area contributed by atoms with Crippen molar-refractivity contribution < 1.29 is 9.53 Å². The number of para-hydroxylation sites is 1. The van der Waals surface area contributed by atoms with Crippen LogP contribution in [0.5, 0.6) is 5.75 Å². The summed E-state index contributed by atoms with van der Waals surface area (Å²) in [5, 5.41) is 6.38. The number of rotatable bonds is 7. The van der Waals surface area contributed by atoms with Crippen LogP contribution in [0.15, 0.2) is 60.0 Å². The summed E-state index contributed by atoms with van der Waals surface area (Å²) in [5.41, 5.74) is 2.07. The molecule has 1 unspecified atom stereocenters. The van der Waals surface area contributed by atoms with Gasteiger partial charge in [-0.2, -0.15) is 0 Å². The van der Waals surface area contributed by atoms with Gasteiger partial charge in [-0.05, 0) is 19.1 Å². The molecule has 0 bridgehead atoms. The fourth-order valence-corrected chi connectivity index (χ4v) is 3.42. The summed E-state index contributed by atoms with van der Waals surface area (Å²) in [6, 6.07) is 17.2. The second kappa shape index (κ2) is 8.83. The van der Waals surface area contributed by atoms with Gasteiger partial charge in [0.15, 0.2) is 6.10 Å². The Bertz CT molecular complexity index is 867. The van der Waals surface area contributed by atoms with E-state index in [9.17, 15) is 4.79 Å². The van der Waals surface area contributed by atoms with Gasteiger partial charge in [0.1, 0.15) is 10.8 Å². The first-order valence-electron chi connectivity index (χ1n) is 8.32. The molecule has 134 valence electrons. The predicted octanol–water partition coefficient (Wildman–Crippen LogP) is 4.59.